The number of methoxy groups -OCH3 is 2. The van der Waals surface area contributed by atoms with E-state index in [-0.39, 0.29) is 6.04 Å². The highest BCUT2D eigenvalue weighted by molar-refractivity contribution is 5.97. The largest absolute Gasteiger partial charge is 0.497 e. The third kappa shape index (κ3) is 2.81. The first-order valence-corrected chi connectivity index (χ1v) is 6.39. The van der Waals surface area contributed by atoms with Gasteiger partial charge in [0.05, 0.1) is 26.3 Å². The second-order valence-electron chi connectivity index (χ2n) is 4.77. The van der Waals surface area contributed by atoms with Crippen LogP contribution in [0.1, 0.15) is 6.92 Å². The summed E-state index contributed by atoms with van der Waals surface area (Å²) in [6.45, 7) is 3.54. The summed E-state index contributed by atoms with van der Waals surface area (Å²) < 4.78 is 10.5. The van der Waals surface area contributed by atoms with Crippen LogP contribution in [0.25, 0.3) is 0 Å². The zero-order valence-electron chi connectivity index (χ0n) is 11.7. The molecule has 0 saturated carbocycles. The van der Waals surface area contributed by atoms with Gasteiger partial charge in [-0.3, -0.25) is 4.99 Å². The number of benzene rings is 1. The van der Waals surface area contributed by atoms with Crippen molar-refractivity contribution in [2.75, 3.05) is 32.3 Å². The molecule has 0 bridgehead atoms. The van der Waals surface area contributed by atoms with Gasteiger partial charge in [-0.05, 0) is 12.1 Å². The monoisotopic (exact) mass is 263 g/mol. The number of guanidine groups is 1. The average Bonchev–Trinajstić information content (AvgIpc) is 2.81. The van der Waals surface area contributed by atoms with E-state index in [1.165, 1.54) is 0 Å². The number of nitrogens with zero attached hydrogens (tertiary/aromatic N) is 2. The molecule has 1 heterocycles. The van der Waals surface area contributed by atoms with Gasteiger partial charge in [-0.25, -0.2) is 0 Å². The Hall–Kier alpha value is -1.75. The number of aliphatic imine (C=N–C) groups is 1. The molecule has 0 amide bonds. The normalized spacial score (nSPS) is 20.3. The van der Waals surface area contributed by atoms with Crippen molar-refractivity contribution in [3.8, 4) is 5.75 Å². The molecule has 0 aromatic heterocycles. The van der Waals surface area contributed by atoms with Gasteiger partial charge in [0, 0.05) is 24.8 Å². The van der Waals surface area contributed by atoms with Crippen molar-refractivity contribution in [3.63, 3.8) is 0 Å². The van der Waals surface area contributed by atoms with E-state index in [1.807, 2.05) is 24.3 Å². The Morgan fingerprint density at radius 3 is 2.95 bits per heavy atom. The molecule has 2 atom stereocenters. The van der Waals surface area contributed by atoms with Gasteiger partial charge in [-0.15, -0.1) is 0 Å². The van der Waals surface area contributed by atoms with Crippen molar-refractivity contribution in [3.05, 3.63) is 24.3 Å². The van der Waals surface area contributed by atoms with Crippen LogP contribution in [0.3, 0.4) is 0 Å². The van der Waals surface area contributed by atoms with E-state index in [4.69, 9.17) is 15.2 Å². The van der Waals surface area contributed by atoms with Crippen molar-refractivity contribution in [1.29, 1.82) is 0 Å². The summed E-state index contributed by atoms with van der Waals surface area (Å²) in [7, 11) is 3.37. The van der Waals surface area contributed by atoms with Gasteiger partial charge < -0.3 is 20.1 Å². The maximum atomic E-state index is 6.02. The number of ether oxygens (including phenoxy) is 2. The van der Waals surface area contributed by atoms with Gasteiger partial charge in [0.25, 0.3) is 0 Å². The maximum absolute atomic E-state index is 6.02. The number of hydrogen-bond donors (Lipinski definition) is 1. The molecule has 1 aliphatic heterocycles. The lowest BCUT2D eigenvalue weighted by molar-refractivity contribution is 0.150. The van der Waals surface area contributed by atoms with E-state index in [0.29, 0.717) is 25.0 Å². The lowest BCUT2D eigenvalue weighted by Crippen LogP contribution is -2.45. The van der Waals surface area contributed by atoms with Crippen molar-refractivity contribution in [2.45, 2.75) is 13.0 Å². The fraction of sp³-hybridized carbons (Fsp3) is 0.500. The van der Waals surface area contributed by atoms with E-state index >= 15 is 0 Å². The van der Waals surface area contributed by atoms with Gasteiger partial charge in [0.15, 0.2) is 5.96 Å². The van der Waals surface area contributed by atoms with Crippen molar-refractivity contribution in [1.82, 2.24) is 0 Å². The van der Waals surface area contributed by atoms with Crippen LogP contribution in [0.5, 0.6) is 5.75 Å². The van der Waals surface area contributed by atoms with Crippen LogP contribution in [0.2, 0.25) is 0 Å². The molecular formula is C14H21N3O2. The third-order valence-corrected chi connectivity index (χ3v) is 3.44. The van der Waals surface area contributed by atoms with E-state index in [0.717, 1.165) is 11.4 Å². The molecule has 0 aliphatic carbocycles. The van der Waals surface area contributed by atoms with Gasteiger partial charge in [-0.1, -0.05) is 13.0 Å². The first-order chi connectivity index (χ1) is 9.17. The summed E-state index contributed by atoms with van der Waals surface area (Å²) in [6.07, 6.45) is 0. The summed E-state index contributed by atoms with van der Waals surface area (Å²) >= 11 is 0. The van der Waals surface area contributed by atoms with Crippen LogP contribution in [0.4, 0.5) is 5.69 Å². The summed E-state index contributed by atoms with van der Waals surface area (Å²) in [5, 5.41) is 0. The van der Waals surface area contributed by atoms with Crippen LogP contribution in [-0.4, -0.2) is 39.4 Å². The Labute approximate surface area is 114 Å². The molecule has 0 spiro atoms. The Morgan fingerprint density at radius 1 is 1.47 bits per heavy atom. The van der Waals surface area contributed by atoms with Gasteiger partial charge in [-0.2, -0.15) is 0 Å². The second kappa shape index (κ2) is 5.93. The van der Waals surface area contributed by atoms with E-state index in [2.05, 4.69) is 16.8 Å². The first-order valence-electron chi connectivity index (χ1n) is 6.39. The highest BCUT2D eigenvalue weighted by Crippen LogP contribution is 2.28. The zero-order valence-corrected chi connectivity index (χ0v) is 11.7. The molecule has 1 aromatic rings. The number of hydrogen-bond acceptors (Lipinski definition) is 5. The molecule has 5 nitrogen and oxygen atoms in total. The van der Waals surface area contributed by atoms with Gasteiger partial charge in [0.2, 0.25) is 0 Å². The third-order valence-electron chi connectivity index (χ3n) is 3.44. The predicted molar refractivity (Wildman–Crippen MR) is 76.8 cm³/mol. The Kier molecular flexibility index (Phi) is 4.27. The van der Waals surface area contributed by atoms with Gasteiger partial charge >= 0.3 is 0 Å². The molecule has 19 heavy (non-hydrogen) atoms. The molecule has 0 saturated heterocycles. The SMILES string of the molecule is COCC(C)C1CN=C(N)N1c1cccc(OC)c1. The summed E-state index contributed by atoms with van der Waals surface area (Å²) in [5.41, 5.74) is 7.03. The Balaban J connectivity index is 2.25. The number of anilines is 1. The minimum Gasteiger partial charge on any atom is -0.497 e. The van der Waals surface area contributed by atoms with Crippen LogP contribution < -0.4 is 15.4 Å². The van der Waals surface area contributed by atoms with E-state index in [1.54, 1.807) is 14.2 Å². The maximum Gasteiger partial charge on any atom is 0.196 e. The fourth-order valence-electron chi connectivity index (χ4n) is 2.41. The predicted octanol–water partition coefficient (Wildman–Crippen LogP) is 1.48. The zero-order chi connectivity index (χ0) is 13.8. The Bertz CT molecular complexity index is 462. The van der Waals surface area contributed by atoms with Crippen LogP contribution in [0, 0.1) is 5.92 Å². The molecule has 1 aliphatic rings. The van der Waals surface area contributed by atoms with Gasteiger partial charge in [0.1, 0.15) is 5.75 Å². The van der Waals surface area contributed by atoms with Crippen molar-refractivity contribution < 1.29 is 9.47 Å². The summed E-state index contributed by atoms with van der Waals surface area (Å²) in [4.78, 5) is 6.42. The van der Waals surface area contributed by atoms with Crippen molar-refractivity contribution in [2.24, 2.45) is 16.6 Å². The molecule has 0 radical (unpaired) electrons. The van der Waals surface area contributed by atoms with E-state index in [9.17, 15) is 0 Å². The van der Waals surface area contributed by atoms with Crippen molar-refractivity contribution >= 4 is 11.6 Å². The minimum absolute atomic E-state index is 0.229. The minimum atomic E-state index is 0.229. The Morgan fingerprint density at radius 2 is 2.26 bits per heavy atom. The van der Waals surface area contributed by atoms with E-state index < -0.39 is 0 Å². The van der Waals surface area contributed by atoms with Crippen LogP contribution >= 0.6 is 0 Å². The summed E-state index contributed by atoms with van der Waals surface area (Å²) in [5.74, 6) is 1.72. The fourth-order valence-corrected chi connectivity index (χ4v) is 2.41. The number of nitrogens with two attached hydrogens (primary N) is 1. The molecular weight excluding hydrogens is 242 g/mol. The van der Waals surface area contributed by atoms with Crippen LogP contribution in [-0.2, 0) is 4.74 Å². The summed E-state index contributed by atoms with van der Waals surface area (Å²) in [6, 6.07) is 8.09. The highest BCUT2D eigenvalue weighted by Gasteiger charge is 2.31. The standard InChI is InChI=1S/C14H21N3O2/c1-10(9-18-2)13-8-16-14(15)17(13)11-5-4-6-12(7-11)19-3/h4-7,10,13H,8-9H2,1-3H3,(H2,15,16). The molecule has 1 aromatic carbocycles. The topological polar surface area (TPSA) is 60.1 Å². The molecule has 2 N–H and O–H groups in total. The molecule has 104 valence electrons. The van der Waals surface area contributed by atoms with Crippen LogP contribution in [0.15, 0.2) is 29.3 Å². The smallest absolute Gasteiger partial charge is 0.196 e. The lowest BCUT2D eigenvalue weighted by Gasteiger charge is -2.30. The molecule has 0 fully saturated rings. The second-order valence-corrected chi connectivity index (χ2v) is 4.77. The molecule has 2 unspecified atom stereocenters. The molecule has 2 rings (SSSR count). The molecule has 5 heteroatoms. The lowest BCUT2D eigenvalue weighted by atomic mass is 10.0. The highest BCUT2D eigenvalue weighted by atomic mass is 16.5. The average molecular weight is 263 g/mol. The quantitative estimate of drug-likeness (QED) is 0.874. The first kappa shape index (κ1) is 13.7. The number of rotatable bonds is 5.